The molecule has 0 radical (unpaired) electrons. The first-order valence-electron chi connectivity index (χ1n) is 5.94. The van der Waals surface area contributed by atoms with Crippen molar-refractivity contribution in [3.05, 3.63) is 23.8 Å². The Morgan fingerprint density at radius 1 is 1.47 bits per heavy atom. The molecule has 0 bridgehead atoms. The zero-order valence-corrected chi connectivity index (χ0v) is 11.9. The Hall–Kier alpha value is -1.31. The Morgan fingerprint density at radius 3 is 2.68 bits per heavy atom. The topological polar surface area (TPSA) is 102 Å². The summed E-state index contributed by atoms with van der Waals surface area (Å²) in [7, 11) is -1.88. The third kappa shape index (κ3) is 5.46. The summed E-state index contributed by atoms with van der Waals surface area (Å²) in [5, 5.41) is 17.9. The van der Waals surface area contributed by atoms with E-state index in [4.69, 9.17) is 9.88 Å². The molecule has 0 aromatic heterocycles. The Bertz CT molecular complexity index is 516. The fourth-order valence-corrected chi connectivity index (χ4v) is 2.27. The molecule has 4 N–H and O–H groups in total. The molecule has 0 saturated heterocycles. The second-order valence-electron chi connectivity index (χ2n) is 4.32. The molecule has 1 rings (SSSR count). The summed E-state index contributed by atoms with van der Waals surface area (Å²) in [5.74, 6) is 0.676. The van der Waals surface area contributed by atoms with Crippen LogP contribution in [-0.4, -0.2) is 32.9 Å². The molecule has 1 aromatic rings. The van der Waals surface area contributed by atoms with E-state index in [0.29, 0.717) is 18.7 Å². The van der Waals surface area contributed by atoms with Gasteiger partial charge in [-0.15, -0.1) is 0 Å². The van der Waals surface area contributed by atoms with Gasteiger partial charge < -0.3 is 15.2 Å². The monoisotopic (exact) mass is 288 g/mol. The zero-order valence-electron chi connectivity index (χ0n) is 11.1. The number of benzene rings is 1. The zero-order chi connectivity index (χ0) is 14.5. The van der Waals surface area contributed by atoms with Crippen LogP contribution in [0.25, 0.3) is 0 Å². The highest BCUT2D eigenvalue weighted by Crippen LogP contribution is 2.28. The van der Waals surface area contributed by atoms with Crippen LogP contribution in [0.2, 0.25) is 0 Å². The number of rotatable bonds is 7. The number of nitrogens with two attached hydrogens (primary N) is 1. The van der Waals surface area contributed by atoms with Crippen molar-refractivity contribution in [3.8, 4) is 11.5 Å². The Labute approximate surface area is 113 Å². The van der Waals surface area contributed by atoms with Crippen molar-refractivity contribution in [3.63, 3.8) is 0 Å². The van der Waals surface area contributed by atoms with Crippen LogP contribution in [0, 0.1) is 0 Å². The van der Waals surface area contributed by atoms with Crippen LogP contribution >= 0.6 is 0 Å². The maximum absolute atomic E-state index is 10.8. The van der Waals surface area contributed by atoms with Crippen LogP contribution in [0.5, 0.6) is 11.5 Å². The number of hydrogen-bond acceptors (Lipinski definition) is 5. The van der Waals surface area contributed by atoms with E-state index < -0.39 is 10.0 Å². The van der Waals surface area contributed by atoms with Crippen molar-refractivity contribution >= 4 is 10.0 Å². The van der Waals surface area contributed by atoms with Crippen molar-refractivity contribution < 1.29 is 18.3 Å². The van der Waals surface area contributed by atoms with E-state index in [-0.39, 0.29) is 17.5 Å². The van der Waals surface area contributed by atoms with Crippen LogP contribution in [0.4, 0.5) is 0 Å². The number of methoxy groups -OCH3 is 1. The first kappa shape index (κ1) is 15.7. The third-order valence-corrected chi connectivity index (χ3v) is 3.62. The second-order valence-corrected chi connectivity index (χ2v) is 6.06. The van der Waals surface area contributed by atoms with Gasteiger partial charge in [-0.3, -0.25) is 0 Å². The fourth-order valence-electron chi connectivity index (χ4n) is 1.72. The minimum absolute atomic E-state index is 0.0543. The van der Waals surface area contributed by atoms with Gasteiger partial charge in [0.1, 0.15) is 11.5 Å². The van der Waals surface area contributed by atoms with Gasteiger partial charge >= 0.3 is 0 Å². The van der Waals surface area contributed by atoms with Gasteiger partial charge in [-0.1, -0.05) is 6.07 Å². The summed E-state index contributed by atoms with van der Waals surface area (Å²) < 4.78 is 26.5. The lowest BCUT2D eigenvalue weighted by Crippen LogP contribution is -2.24. The minimum Gasteiger partial charge on any atom is -0.507 e. The minimum atomic E-state index is -3.41. The maximum Gasteiger partial charge on any atom is 0.209 e. The van der Waals surface area contributed by atoms with E-state index in [2.05, 4.69) is 5.32 Å². The van der Waals surface area contributed by atoms with Crippen LogP contribution < -0.4 is 15.2 Å². The summed E-state index contributed by atoms with van der Waals surface area (Å²) in [4.78, 5) is 0. The molecule has 19 heavy (non-hydrogen) atoms. The molecule has 1 atom stereocenters. The molecule has 7 heteroatoms. The Morgan fingerprint density at radius 2 is 2.16 bits per heavy atom. The molecule has 0 aliphatic rings. The maximum atomic E-state index is 10.8. The normalized spacial score (nSPS) is 13.2. The summed E-state index contributed by atoms with van der Waals surface area (Å²) >= 11 is 0. The summed E-state index contributed by atoms with van der Waals surface area (Å²) in [5.41, 5.74) is 0.733. The molecular formula is C12H20N2O4S. The Kier molecular flexibility index (Phi) is 5.59. The van der Waals surface area contributed by atoms with Crippen molar-refractivity contribution in [1.82, 2.24) is 5.32 Å². The lowest BCUT2D eigenvalue weighted by atomic mass is 10.1. The predicted molar refractivity (Wildman–Crippen MR) is 73.7 cm³/mol. The molecule has 0 heterocycles. The number of ether oxygens (including phenoxy) is 1. The number of primary sulfonamides is 1. The average Bonchev–Trinajstić information content (AvgIpc) is 2.33. The van der Waals surface area contributed by atoms with E-state index in [0.717, 1.165) is 5.56 Å². The SMILES string of the molecule is COc1ccc(C(C)NCCCS(N)(=O)=O)c(O)c1. The van der Waals surface area contributed by atoms with E-state index in [1.54, 1.807) is 12.1 Å². The molecule has 108 valence electrons. The second kappa shape index (κ2) is 6.74. The number of hydrogen-bond donors (Lipinski definition) is 3. The third-order valence-electron chi connectivity index (χ3n) is 2.76. The van der Waals surface area contributed by atoms with E-state index in [1.807, 2.05) is 6.92 Å². The standard InChI is InChI=1S/C12H20N2O4S/c1-9(14-6-3-7-19(13,16)17)11-5-4-10(18-2)8-12(11)15/h4-5,8-9,14-15H,3,6-7H2,1-2H3,(H2,13,16,17). The average molecular weight is 288 g/mol. The van der Waals surface area contributed by atoms with Crippen molar-refractivity contribution in [2.45, 2.75) is 19.4 Å². The quantitative estimate of drug-likeness (QED) is 0.642. The molecule has 0 aliphatic carbocycles. The molecule has 0 saturated carbocycles. The molecule has 1 unspecified atom stereocenters. The van der Waals surface area contributed by atoms with E-state index in [9.17, 15) is 13.5 Å². The van der Waals surface area contributed by atoms with Crippen molar-refractivity contribution in [2.75, 3.05) is 19.4 Å². The van der Waals surface area contributed by atoms with Crippen LogP contribution in [0.15, 0.2) is 18.2 Å². The summed E-state index contributed by atoms with van der Waals surface area (Å²) in [6.07, 6.45) is 0.431. The lowest BCUT2D eigenvalue weighted by molar-refractivity contribution is 0.404. The van der Waals surface area contributed by atoms with Crippen LogP contribution in [0.1, 0.15) is 24.9 Å². The van der Waals surface area contributed by atoms with Gasteiger partial charge in [0.25, 0.3) is 0 Å². The highest BCUT2D eigenvalue weighted by Gasteiger charge is 2.11. The molecule has 1 aromatic carbocycles. The summed E-state index contributed by atoms with van der Waals surface area (Å²) in [6, 6.07) is 4.98. The predicted octanol–water partition coefficient (Wildman–Crippen LogP) is 0.730. The number of aromatic hydroxyl groups is 1. The van der Waals surface area contributed by atoms with Crippen LogP contribution in [0.3, 0.4) is 0 Å². The van der Waals surface area contributed by atoms with Crippen molar-refractivity contribution in [2.24, 2.45) is 5.14 Å². The van der Waals surface area contributed by atoms with Gasteiger partial charge in [-0.05, 0) is 26.0 Å². The number of phenolic OH excluding ortho intramolecular Hbond substituents is 1. The van der Waals surface area contributed by atoms with Gasteiger partial charge in [0.05, 0.1) is 12.9 Å². The molecular weight excluding hydrogens is 268 g/mol. The summed E-state index contributed by atoms with van der Waals surface area (Å²) in [6.45, 7) is 2.39. The molecule has 0 amide bonds. The Balaban J connectivity index is 2.52. The molecule has 0 aliphatic heterocycles. The molecule has 0 spiro atoms. The highest BCUT2D eigenvalue weighted by atomic mass is 32.2. The van der Waals surface area contributed by atoms with Crippen LogP contribution in [-0.2, 0) is 10.0 Å². The fraction of sp³-hybridized carbons (Fsp3) is 0.500. The highest BCUT2D eigenvalue weighted by molar-refractivity contribution is 7.89. The smallest absolute Gasteiger partial charge is 0.209 e. The van der Waals surface area contributed by atoms with Gasteiger partial charge in [0, 0.05) is 17.7 Å². The van der Waals surface area contributed by atoms with E-state index in [1.165, 1.54) is 13.2 Å². The number of sulfonamides is 1. The van der Waals surface area contributed by atoms with Crippen molar-refractivity contribution in [1.29, 1.82) is 0 Å². The van der Waals surface area contributed by atoms with Gasteiger partial charge in [0.2, 0.25) is 10.0 Å². The lowest BCUT2D eigenvalue weighted by Gasteiger charge is -2.16. The molecule has 0 fully saturated rings. The first-order chi connectivity index (χ1) is 8.83. The van der Waals surface area contributed by atoms with Gasteiger partial charge in [-0.25, -0.2) is 13.6 Å². The largest absolute Gasteiger partial charge is 0.507 e. The van der Waals surface area contributed by atoms with Gasteiger partial charge in [0.15, 0.2) is 0 Å². The number of phenols is 1. The van der Waals surface area contributed by atoms with E-state index >= 15 is 0 Å². The number of nitrogens with one attached hydrogen (secondary N) is 1. The first-order valence-corrected chi connectivity index (χ1v) is 7.66. The molecule has 6 nitrogen and oxygen atoms in total. The van der Waals surface area contributed by atoms with Gasteiger partial charge in [-0.2, -0.15) is 0 Å².